The molecule has 1 saturated carbocycles. The van der Waals surface area contributed by atoms with Crippen LogP contribution in [0.1, 0.15) is 72.6 Å². The molecule has 1 aliphatic carbocycles. The van der Waals surface area contributed by atoms with E-state index in [4.69, 9.17) is 4.74 Å². The van der Waals surface area contributed by atoms with E-state index in [0.29, 0.717) is 25.2 Å². The SMILES string of the molecule is CCCC[C@H](CC(=O)O[C@H]1C[C@H](C)CC[C@@H]1C(C)C)C(F)(S(=O)(=O)c1ccccc1)S(=O)(=O)c1ccccc1. The molecule has 0 radical (unpaired) electrons. The molecule has 0 unspecified atom stereocenters. The number of carbonyl (C=O) groups is 1. The maximum atomic E-state index is 17.5. The molecule has 3 rings (SSSR count). The molecular formula is C30H41FO6S2. The van der Waals surface area contributed by atoms with E-state index in [1.807, 2.05) is 6.92 Å². The van der Waals surface area contributed by atoms with Crippen LogP contribution < -0.4 is 0 Å². The predicted octanol–water partition coefficient (Wildman–Crippen LogP) is 6.76. The Morgan fingerprint density at radius 3 is 1.92 bits per heavy atom. The number of hydrogen-bond donors (Lipinski definition) is 0. The van der Waals surface area contributed by atoms with Gasteiger partial charge in [0.15, 0.2) is 0 Å². The molecule has 1 fully saturated rings. The van der Waals surface area contributed by atoms with Gasteiger partial charge in [0, 0.05) is 5.92 Å². The fourth-order valence-corrected chi connectivity index (χ4v) is 10.3. The van der Waals surface area contributed by atoms with Gasteiger partial charge >= 0.3 is 10.3 Å². The molecule has 4 atom stereocenters. The van der Waals surface area contributed by atoms with Crippen LogP contribution in [-0.4, -0.2) is 33.2 Å². The van der Waals surface area contributed by atoms with Crippen LogP contribution in [0.15, 0.2) is 70.5 Å². The van der Waals surface area contributed by atoms with Gasteiger partial charge in [0.05, 0.1) is 16.2 Å². The van der Waals surface area contributed by atoms with Gasteiger partial charge in [-0.2, -0.15) is 0 Å². The number of halogens is 1. The Kier molecular flexibility index (Phi) is 10.4. The minimum atomic E-state index is -5.11. The quantitative estimate of drug-likeness (QED) is 0.258. The van der Waals surface area contributed by atoms with Crippen LogP contribution in [0.2, 0.25) is 0 Å². The maximum Gasteiger partial charge on any atom is 0.321 e. The Morgan fingerprint density at radius 1 is 0.949 bits per heavy atom. The zero-order valence-corrected chi connectivity index (χ0v) is 24.9. The first-order valence-corrected chi connectivity index (χ1v) is 16.8. The molecule has 0 bridgehead atoms. The summed E-state index contributed by atoms with van der Waals surface area (Å²) in [4.78, 5) is 12.4. The highest BCUT2D eigenvalue weighted by molar-refractivity contribution is 8.10. The van der Waals surface area contributed by atoms with E-state index in [2.05, 4.69) is 20.8 Å². The summed E-state index contributed by atoms with van der Waals surface area (Å²) < 4.78 is 75.3. The maximum absolute atomic E-state index is 17.5. The van der Waals surface area contributed by atoms with Crippen LogP contribution in [0.4, 0.5) is 4.39 Å². The van der Waals surface area contributed by atoms with Crippen LogP contribution in [0.5, 0.6) is 0 Å². The zero-order chi connectivity index (χ0) is 28.8. The van der Waals surface area contributed by atoms with Crippen molar-refractivity contribution in [3.63, 3.8) is 0 Å². The standard InChI is InChI=1S/C30H41FO6S2/c1-5-6-13-24(21-29(32)37-28-20-23(4)18-19-27(28)22(2)3)30(31,38(33,34)25-14-9-7-10-15-25)39(35,36)26-16-11-8-12-17-26/h7-12,14-17,22-24,27-28H,5-6,13,18-21H2,1-4H3/t23-,24-,27-,28+/m1/s1. The van der Waals surface area contributed by atoms with Crippen molar-refractivity contribution in [2.45, 2.75) is 92.9 Å². The van der Waals surface area contributed by atoms with Gasteiger partial charge in [-0.1, -0.05) is 83.4 Å². The summed E-state index contributed by atoms with van der Waals surface area (Å²) >= 11 is 0. The Hall–Kier alpha value is -2.26. The van der Waals surface area contributed by atoms with Gasteiger partial charge in [0.1, 0.15) is 6.10 Å². The Bertz CT molecular complexity index is 1220. The lowest BCUT2D eigenvalue weighted by atomic mass is 9.75. The molecule has 0 aromatic heterocycles. The Balaban J connectivity index is 2.09. The van der Waals surface area contributed by atoms with Crippen LogP contribution in [0, 0.1) is 23.7 Å². The molecule has 0 heterocycles. The van der Waals surface area contributed by atoms with Gasteiger partial charge in [-0.15, -0.1) is 0 Å². The summed E-state index contributed by atoms with van der Waals surface area (Å²) in [5, 5.41) is 0. The van der Waals surface area contributed by atoms with E-state index in [1.165, 1.54) is 48.5 Å². The smallest absolute Gasteiger partial charge is 0.321 e. The predicted molar refractivity (Wildman–Crippen MR) is 150 cm³/mol. The number of benzene rings is 2. The number of rotatable bonds is 12. The van der Waals surface area contributed by atoms with Crippen molar-refractivity contribution in [2.75, 3.05) is 0 Å². The molecule has 0 N–H and O–H groups in total. The van der Waals surface area contributed by atoms with E-state index in [-0.39, 0.29) is 24.4 Å². The Labute approximate surface area is 233 Å². The van der Waals surface area contributed by atoms with Gasteiger partial charge in [0.2, 0.25) is 19.7 Å². The molecule has 0 spiro atoms. The van der Waals surface area contributed by atoms with Crippen molar-refractivity contribution in [1.82, 2.24) is 0 Å². The van der Waals surface area contributed by atoms with E-state index in [0.717, 1.165) is 12.8 Å². The van der Waals surface area contributed by atoms with Gasteiger partial charge < -0.3 is 4.74 Å². The number of hydrogen-bond acceptors (Lipinski definition) is 6. The molecule has 39 heavy (non-hydrogen) atoms. The van der Waals surface area contributed by atoms with Gasteiger partial charge in [-0.3, -0.25) is 4.79 Å². The van der Waals surface area contributed by atoms with E-state index >= 15 is 4.39 Å². The fraction of sp³-hybridized carbons (Fsp3) is 0.567. The molecule has 216 valence electrons. The third-order valence-electron chi connectivity index (χ3n) is 7.89. The highest BCUT2D eigenvalue weighted by atomic mass is 32.3. The largest absolute Gasteiger partial charge is 0.462 e. The lowest BCUT2D eigenvalue weighted by Gasteiger charge is -2.37. The lowest BCUT2D eigenvalue weighted by Crippen LogP contribution is -2.49. The van der Waals surface area contributed by atoms with Gasteiger partial charge in [0.25, 0.3) is 0 Å². The molecule has 2 aromatic carbocycles. The summed E-state index contributed by atoms with van der Waals surface area (Å²) in [5.74, 6) is -1.68. The average Bonchev–Trinajstić information content (AvgIpc) is 2.91. The minimum absolute atomic E-state index is 0.116. The first-order chi connectivity index (χ1) is 18.4. The zero-order valence-electron chi connectivity index (χ0n) is 23.3. The van der Waals surface area contributed by atoms with Crippen LogP contribution >= 0.6 is 0 Å². The summed E-state index contributed by atoms with van der Waals surface area (Å²) in [5.41, 5.74) is 0. The first-order valence-electron chi connectivity index (χ1n) is 13.8. The second-order valence-electron chi connectivity index (χ2n) is 11.1. The van der Waals surface area contributed by atoms with Gasteiger partial charge in [-0.05, 0) is 61.3 Å². The summed E-state index contributed by atoms with van der Waals surface area (Å²) in [6, 6.07) is 13.5. The minimum Gasteiger partial charge on any atom is -0.462 e. The summed E-state index contributed by atoms with van der Waals surface area (Å²) in [7, 11) is -10.2. The molecule has 0 saturated heterocycles. The van der Waals surface area contributed by atoms with Crippen LogP contribution in [-0.2, 0) is 29.2 Å². The van der Waals surface area contributed by atoms with E-state index < -0.39 is 52.1 Å². The molecule has 1 aliphatic rings. The highest BCUT2D eigenvalue weighted by Gasteiger charge is 2.62. The monoisotopic (exact) mass is 580 g/mol. The fourth-order valence-electron chi connectivity index (χ4n) is 5.62. The van der Waals surface area contributed by atoms with Gasteiger partial charge in [-0.25, -0.2) is 21.2 Å². The van der Waals surface area contributed by atoms with E-state index in [9.17, 15) is 21.6 Å². The molecular weight excluding hydrogens is 539 g/mol. The van der Waals surface area contributed by atoms with Crippen LogP contribution in [0.3, 0.4) is 0 Å². The number of sulfone groups is 2. The number of unbranched alkanes of at least 4 members (excludes halogenated alkanes) is 1. The molecule has 6 nitrogen and oxygen atoms in total. The average molecular weight is 581 g/mol. The van der Waals surface area contributed by atoms with E-state index in [1.54, 1.807) is 12.1 Å². The molecule has 2 aromatic rings. The Morgan fingerprint density at radius 2 is 1.46 bits per heavy atom. The van der Waals surface area contributed by atoms with Crippen molar-refractivity contribution >= 4 is 25.6 Å². The number of esters is 1. The summed E-state index contributed by atoms with van der Waals surface area (Å²) in [6.07, 6.45) is 2.33. The number of alkyl halides is 1. The number of ether oxygens (including phenoxy) is 1. The van der Waals surface area contributed by atoms with Crippen molar-refractivity contribution in [3.8, 4) is 0 Å². The molecule has 9 heteroatoms. The van der Waals surface area contributed by atoms with Crippen LogP contribution in [0.25, 0.3) is 0 Å². The second-order valence-corrected chi connectivity index (χ2v) is 15.5. The normalized spacial score (nSPS) is 21.4. The van der Waals surface area contributed by atoms with Crippen molar-refractivity contribution in [3.05, 3.63) is 60.7 Å². The first kappa shape index (κ1) is 31.3. The number of carbonyl (C=O) groups excluding carboxylic acids is 1. The van der Waals surface area contributed by atoms with Crippen molar-refractivity contribution in [1.29, 1.82) is 0 Å². The lowest BCUT2D eigenvalue weighted by molar-refractivity contribution is -0.157. The third kappa shape index (κ3) is 6.56. The molecule has 0 aliphatic heterocycles. The summed E-state index contributed by atoms with van der Waals surface area (Å²) in [6.45, 7) is 8.06. The highest BCUT2D eigenvalue weighted by Crippen LogP contribution is 2.46. The molecule has 0 amide bonds. The topological polar surface area (TPSA) is 94.6 Å². The third-order valence-corrected chi connectivity index (χ3v) is 13.1. The van der Waals surface area contributed by atoms with Crippen molar-refractivity contribution in [2.24, 2.45) is 23.7 Å². The second kappa shape index (κ2) is 12.9. The van der Waals surface area contributed by atoms with Crippen molar-refractivity contribution < 1.29 is 30.8 Å².